The van der Waals surface area contributed by atoms with E-state index in [0.717, 1.165) is 16.8 Å². The van der Waals surface area contributed by atoms with Gasteiger partial charge in [-0.15, -0.1) is 0 Å². The molecule has 0 spiro atoms. The number of aromatic carboxylic acids is 1. The molecule has 1 atom stereocenters. The van der Waals surface area contributed by atoms with Crippen LogP contribution >= 0.6 is 0 Å². The Labute approximate surface area is 119 Å². The summed E-state index contributed by atoms with van der Waals surface area (Å²) >= 11 is 0. The smallest absolute Gasteiger partial charge is 0.356 e. The van der Waals surface area contributed by atoms with E-state index in [1.807, 2.05) is 0 Å². The van der Waals surface area contributed by atoms with E-state index in [2.05, 4.69) is 10.4 Å². The van der Waals surface area contributed by atoms with Crippen LogP contribution in [0, 0.1) is 0 Å². The van der Waals surface area contributed by atoms with Gasteiger partial charge in [0, 0.05) is 6.07 Å². The van der Waals surface area contributed by atoms with Crippen molar-refractivity contribution in [3.63, 3.8) is 0 Å². The van der Waals surface area contributed by atoms with Crippen LogP contribution in [-0.4, -0.2) is 26.8 Å². The fraction of sp³-hybridized carbons (Fsp3) is 0.231. The number of carbonyl (C=O) groups excluding carboxylic acids is 1. The second-order valence-electron chi connectivity index (χ2n) is 4.28. The highest BCUT2D eigenvalue weighted by atomic mass is 16.4. The third-order valence-electron chi connectivity index (χ3n) is 2.81. The first-order valence-corrected chi connectivity index (χ1v) is 6.12. The predicted molar refractivity (Wildman–Crippen MR) is 70.7 cm³/mol. The largest absolute Gasteiger partial charge is 0.476 e. The topological polar surface area (TPSA) is 114 Å². The van der Waals surface area contributed by atoms with Crippen molar-refractivity contribution < 1.29 is 19.1 Å². The highest BCUT2D eigenvalue weighted by molar-refractivity contribution is 5.85. The SMILES string of the molecule is CC(C(=O)NCc1ccco1)n1nc(C(=O)O)ccc1=O. The summed E-state index contributed by atoms with van der Waals surface area (Å²) < 4.78 is 5.90. The van der Waals surface area contributed by atoms with Crippen LogP contribution in [0.1, 0.15) is 29.2 Å². The number of amides is 1. The maximum atomic E-state index is 12.0. The van der Waals surface area contributed by atoms with Gasteiger partial charge >= 0.3 is 5.97 Å². The zero-order chi connectivity index (χ0) is 15.4. The van der Waals surface area contributed by atoms with Crippen molar-refractivity contribution in [2.45, 2.75) is 19.5 Å². The van der Waals surface area contributed by atoms with Crippen LogP contribution in [0.5, 0.6) is 0 Å². The summed E-state index contributed by atoms with van der Waals surface area (Å²) in [7, 11) is 0. The average molecular weight is 291 g/mol. The Balaban J connectivity index is 2.13. The Morgan fingerprint density at radius 1 is 1.43 bits per heavy atom. The Bertz CT molecular complexity index is 705. The summed E-state index contributed by atoms with van der Waals surface area (Å²) in [4.78, 5) is 34.5. The van der Waals surface area contributed by atoms with Crippen molar-refractivity contribution in [1.29, 1.82) is 0 Å². The minimum Gasteiger partial charge on any atom is -0.476 e. The van der Waals surface area contributed by atoms with Gasteiger partial charge in [-0.2, -0.15) is 5.10 Å². The molecule has 0 fully saturated rings. The number of rotatable bonds is 5. The molecular weight excluding hydrogens is 278 g/mol. The van der Waals surface area contributed by atoms with Gasteiger partial charge in [0.05, 0.1) is 12.8 Å². The fourth-order valence-electron chi connectivity index (χ4n) is 1.66. The molecule has 0 radical (unpaired) electrons. The lowest BCUT2D eigenvalue weighted by atomic mass is 10.3. The number of carboxylic acids is 1. The Morgan fingerprint density at radius 3 is 2.81 bits per heavy atom. The molecule has 2 N–H and O–H groups in total. The molecule has 1 amide bonds. The summed E-state index contributed by atoms with van der Waals surface area (Å²) in [6, 6.07) is 4.60. The molecule has 0 saturated carbocycles. The summed E-state index contributed by atoms with van der Waals surface area (Å²) in [6.07, 6.45) is 1.48. The van der Waals surface area contributed by atoms with Crippen LogP contribution in [0.15, 0.2) is 39.7 Å². The van der Waals surface area contributed by atoms with E-state index < -0.39 is 23.5 Å². The van der Waals surface area contributed by atoms with Gasteiger partial charge in [0.15, 0.2) is 5.69 Å². The number of carbonyl (C=O) groups is 2. The lowest BCUT2D eigenvalue weighted by Gasteiger charge is -2.13. The number of nitrogens with one attached hydrogen (secondary N) is 1. The van der Waals surface area contributed by atoms with Crippen LogP contribution in [-0.2, 0) is 11.3 Å². The molecule has 0 aromatic carbocycles. The van der Waals surface area contributed by atoms with E-state index in [-0.39, 0.29) is 12.2 Å². The Morgan fingerprint density at radius 2 is 2.19 bits per heavy atom. The van der Waals surface area contributed by atoms with Gasteiger partial charge in [-0.1, -0.05) is 0 Å². The number of carboxylic acid groups (broad SMARTS) is 1. The molecule has 0 aliphatic heterocycles. The first-order chi connectivity index (χ1) is 9.99. The van der Waals surface area contributed by atoms with Crippen LogP contribution in [0.3, 0.4) is 0 Å². The second kappa shape index (κ2) is 6.04. The summed E-state index contributed by atoms with van der Waals surface area (Å²) in [5.74, 6) is -1.18. The van der Waals surface area contributed by atoms with Gasteiger partial charge in [0.2, 0.25) is 5.91 Å². The maximum Gasteiger partial charge on any atom is 0.356 e. The molecule has 110 valence electrons. The average Bonchev–Trinajstić information content (AvgIpc) is 2.97. The molecule has 2 aromatic rings. The third kappa shape index (κ3) is 3.35. The van der Waals surface area contributed by atoms with Gasteiger partial charge in [-0.05, 0) is 25.1 Å². The number of nitrogens with zero attached hydrogens (tertiary/aromatic N) is 2. The third-order valence-corrected chi connectivity index (χ3v) is 2.81. The molecular formula is C13H13N3O5. The number of aromatic nitrogens is 2. The molecule has 21 heavy (non-hydrogen) atoms. The lowest BCUT2D eigenvalue weighted by molar-refractivity contribution is -0.124. The molecule has 8 heteroatoms. The predicted octanol–water partition coefficient (Wildman–Crippen LogP) is 0.412. The Kier molecular flexibility index (Phi) is 4.17. The van der Waals surface area contributed by atoms with Crippen LogP contribution in [0.4, 0.5) is 0 Å². The second-order valence-corrected chi connectivity index (χ2v) is 4.28. The summed E-state index contributed by atoms with van der Waals surface area (Å²) in [6.45, 7) is 1.63. The molecule has 0 bridgehead atoms. The van der Waals surface area contributed by atoms with E-state index in [1.54, 1.807) is 12.1 Å². The first kappa shape index (κ1) is 14.5. The van der Waals surface area contributed by atoms with Gasteiger partial charge < -0.3 is 14.8 Å². The van der Waals surface area contributed by atoms with Gasteiger partial charge in [-0.3, -0.25) is 9.59 Å². The van der Waals surface area contributed by atoms with Crippen molar-refractivity contribution in [3.05, 3.63) is 52.3 Å². The quantitative estimate of drug-likeness (QED) is 0.824. The fourth-order valence-corrected chi connectivity index (χ4v) is 1.66. The Hall–Kier alpha value is -2.90. The molecule has 2 rings (SSSR count). The molecule has 0 aliphatic rings. The standard InChI is InChI=1S/C13H13N3O5/c1-8(12(18)14-7-9-3-2-6-21-9)16-11(17)5-4-10(15-16)13(19)20/h2-6,8H,7H2,1H3,(H,14,18)(H,19,20). The van der Waals surface area contributed by atoms with Crippen molar-refractivity contribution >= 4 is 11.9 Å². The molecule has 0 saturated heterocycles. The zero-order valence-corrected chi connectivity index (χ0v) is 11.1. The van der Waals surface area contributed by atoms with Crippen LogP contribution in [0.2, 0.25) is 0 Å². The van der Waals surface area contributed by atoms with Crippen molar-refractivity contribution in [2.75, 3.05) is 0 Å². The summed E-state index contributed by atoms with van der Waals surface area (Å²) in [5.41, 5.74) is -0.860. The maximum absolute atomic E-state index is 12.0. The van der Waals surface area contributed by atoms with Gasteiger partial charge in [-0.25, -0.2) is 9.48 Å². The van der Waals surface area contributed by atoms with Crippen molar-refractivity contribution in [2.24, 2.45) is 0 Å². The normalized spacial score (nSPS) is 11.9. The van der Waals surface area contributed by atoms with Gasteiger partial charge in [0.1, 0.15) is 11.8 Å². The molecule has 2 heterocycles. The molecule has 2 aromatic heterocycles. The van der Waals surface area contributed by atoms with E-state index in [9.17, 15) is 14.4 Å². The zero-order valence-electron chi connectivity index (χ0n) is 11.1. The minimum atomic E-state index is -1.27. The number of hydrogen-bond donors (Lipinski definition) is 2. The monoisotopic (exact) mass is 291 g/mol. The van der Waals surface area contributed by atoms with Crippen LogP contribution < -0.4 is 10.9 Å². The molecule has 8 nitrogen and oxygen atoms in total. The van der Waals surface area contributed by atoms with E-state index in [0.29, 0.717) is 5.76 Å². The molecule has 0 aliphatic carbocycles. The van der Waals surface area contributed by atoms with E-state index in [4.69, 9.17) is 9.52 Å². The molecule has 1 unspecified atom stereocenters. The lowest BCUT2D eigenvalue weighted by Crippen LogP contribution is -2.37. The van der Waals surface area contributed by atoms with Gasteiger partial charge in [0.25, 0.3) is 5.56 Å². The minimum absolute atomic E-state index is 0.170. The number of hydrogen-bond acceptors (Lipinski definition) is 5. The van der Waals surface area contributed by atoms with E-state index in [1.165, 1.54) is 13.2 Å². The highest BCUT2D eigenvalue weighted by Gasteiger charge is 2.19. The number of furan rings is 1. The van der Waals surface area contributed by atoms with Crippen LogP contribution in [0.25, 0.3) is 0 Å². The highest BCUT2D eigenvalue weighted by Crippen LogP contribution is 2.04. The first-order valence-electron chi connectivity index (χ1n) is 6.12. The van der Waals surface area contributed by atoms with Crippen molar-refractivity contribution in [1.82, 2.24) is 15.1 Å². The summed E-state index contributed by atoms with van der Waals surface area (Å²) in [5, 5.41) is 15.1. The van der Waals surface area contributed by atoms with E-state index >= 15 is 0 Å². The van der Waals surface area contributed by atoms with Crippen molar-refractivity contribution in [3.8, 4) is 0 Å².